The molecular formula is C12H16ClN5O. The highest BCUT2D eigenvalue weighted by Crippen LogP contribution is 2.19. The zero-order valence-electron chi connectivity index (χ0n) is 11.1. The van der Waals surface area contributed by atoms with Crippen molar-refractivity contribution >= 4 is 17.4 Å². The minimum atomic E-state index is 0.391. The predicted molar refractivity (Wildman–Crippen MR) is 73.0 cm³/mol. The maximum Gasteiger partial charge on any atom is 0.156 e. The summed E-state index contributed by atoms with van der Waals surface area (Å²) in [5, 5.41) is 8.11. The van der Waals surface area contributed by atoms with E-state index in [1.54, 1.807) is 24.1 Å². The maximum atomic E-state index is 6.17. The van der Waals surface area contributed by atoms with Crippen molar-refractivity contribution in [2.75, 3.05) is 12.4 Å². The van der Waals surface area contributed by atoms with Gasteiger partial charge in [-0.3, -0.25) is 4.68 Å². The standard InChI is InChI=1S/C12H16ClN5O/c1-8-9(12(13)18(2)17-8)6-15-10-4-5-14-11(16-10)7-19-3/h4-5H,6-7H2,1-3H3,(H,14,15,16). The summed E-state index contributed by atoms with van der Waals surface area (Å²) < 4.78 is 6.66. The number of ether oxygens (including phenoxy) is 1. The highest BCUT2D eigenvalue weighted by Gasteiger charge is 2.11. The van der Waals surface area contributed by atoms with Crippen LogP contribution in [0.1, 0.15) is 17.1 Å². The molecule has 2 heterocycles. The summed E-state index contributed by atoms with van der Waals surface area (Å²) in [4.78, 5) is 8.43. The number of rotatable bonds is 5. The zero-order chi connectivity index (χ0) is 13.8. The first-order valence-corrected chi connectivity index (χ1v) is 6.22. The van der Waals surface area contributed by atoms with Crippen LogP contribution >= 0.6 is 11.6 Å². The second-order valence-corrected chi connectivity index (χ2v) is 4.48. The van der Waals surface area contributed by atoms with Crippen LogP contribution < -0.4 is 5.32 Å². The van der Waals surface area contributed by atoms with Crippen LogP contribution in [-0.2, 0) is 24.9 Å². The van der Waals surface area contributed by atoms with E-state index in [1.165, 1.54) is 0 Å². The van der Waals surface area contributed by atoms with E-state index in [1.807, 2.05) is 14.0 Å². The average Bonchev–Trinajstić information content (AvgIpc) is 2.62. The van der Waals surface area contributed by atoms with Gasteiger partial charge in [0, 0.05) is 32.5 Å². The number of hydrogen-bond acceptors (Lipinski definition) is 5. The van der Waals surface area contributed by atoms with Crippen LogP contribution in [0, 0.1) is 6.92 Å². The minimum absolute atomic E-state index is 0.391. The first-order valence-electron chi connectivity index (χ1n) is 5.84. The summed E-state index contributed by atoms with van der Waals surface area (Å²) in [5.41, 5.74) is 1.88. The molecule has 0 saturated heterocycles. The third-order valence-electron chi connectivity index (χ3n) is 2.70. The number of nitrogens with one attached hydrogen (secondary N) is 1. The number of anilines is 1. The fourth-order valence-electron chi connectivity index (χ4n) is 1.75. The summed E-state index contributed by atoms with van der Waals surface area (Å²) in [5.74, 6) is 1.38. The predicted octanol–water partition coefficient (Wildman–Crippen LogP) is 1.93. The van der Waals surface area contributed by atoms with Gasteiger partial charge in [0.2, 0.25) is 0 Å². The minimum Gasteiger partial charge on any atom is -0.377 e. The number of aromatic nitrogens is 4. The van der Waals surface area contributed by atoms with Crippen LogP contribution in [0.2, 0.25) is 5.15 Å². The zero-order valence-corrected chi connectivity index (χ0v) is 11.9. The van der Waals surface area contributed by atoms with Gasteiger partial charge in [-0.05, 0) is 13.0 Å². The Hall–Kier alpha value is -1.66. The molecule has 0 aliphatic carbocycles. The lowest BCUT2D eigenvalue weighted by Gasteiger charge is -2.06. The number of methoxy groups -OCH3 is 1. The molecule has 19 heavy (non-hydrogen) atoms. The molecule has 1 N–H and O–H groups in total. The molecule has 0 aliphatic heterocycles. The van der Waals surface area contributed by atoms with E-state index in [2.05, 4.69) is 20.4 Å². The second kappa shape index (κ2) is 5.99. The van der Waals surface area contributed by atoms with E-state index < -0.39 is 0 Å². The SMILES string of the molecule is COCc1nccc(NCc2c(C)nn(C)c2Cl)n1. The summed E-state index contributed by atoms with van der Waals surface area (Å²) in [6.07, 6.45) is 1.70. The molecule has 7 heteroatoms. The molecule has 2 rings (SSSR count). The van der Waals surface area contributed by atoms with Crippen LogP contribution in [0.4, 0.5) is 5.82 Å². The number of nitrogens with zero attached hydrogens (tertiary/aromatic N) is 4. The van der Waals surface area contributed by atoms with Crippen molar-refractivity contribution in [3.8, 4) is 0 Å². The molecule has 0 unspecified atom stereocenters. The van der Waals surface area contributed by atoms with Gasteiger partial charge in [0.1, 0.15) is 17.6 Å². The normalized spacial score (nSPS) is 10.7. The fraction of sp³-hybridized carbons (Fsp3) is 0.417. The van der Waals surface area contributed by atoms with E-state index >= 15 is 0 Å². The van der Waals surface area contributed by atoms with E-state index in [9.17, 15) is 0 Å². The quantitative estimate of drug-likeness (QED) is 0.907. The van der Waals surface area contributed by atoms with Crippen LogP contribution in [0.3, 0.4) is 0 Å². The first kappa shape index (κ1) is 13.8. The summed E-state index contributed by atoms with van der Waals surface area (Å²) in [6, 6.07) is 1.80. The molecule has 0 aliphatic rings. The molecule has 0 saturated carbocycles. The van der Waals surface area contributed by atoms with Crippen molar-refractivity contribution < 1.29 is 4.74 Å². The Balaban J connectivity index is 2.08. The summed E-state index contributed by atoms with van der Waals surface area (Å²) in [7, 11) is 3.43. The molecule has 6 nitrogen and oxygen atoms in total. The Bertz CT molecular complexity index is 569. The lowest BCUT2D eigenvalue weighted by Crippen LogP contribution is -2.05. The van der Waals surface area contributed by atoms with E-state index in [0.29, 0.717) is 24.1 Å². The molecule has 102 valence electrons. The molecule has 0 atom stereocenters. The topological polar surface area (TPSA) is 64.9 Å². The van der Waals surface area contributed by atoms with Gasteiger partial charge in [-0.15, -0.1) is 0 Å². The molecule has 0 radical (unpaired) electrons. The Morgan fingerprint density at radius 1 is 1.47 bits per heavy atom. The molecule has 0 amide bonds. The summed E-state index contributed by atoms with van der Waals surface area (Å²) >= 11 is 6.17. The van der Waals surface area contributed by atoms with Crippen molar-refractivity contribution in [3.63, 3.8) is 0 Å². The molecule has 0 spiro atoms. The van der Waals surface area contributed by atoms with E-state index in [-0.39, 0.29) is 0 Å². The second-order valence-electron chi connectivity index (χ2n) is 4.12. The molecule has 0 aromatic carbocycles. The molecular weight excluding hydrogens is 266 g/mol. The fourth-order valence-corrected chi connectivity index (χ4v) is 1.99. The third kappa shape index (κ3) is 3.21. The number of hydrogen-bond donors (Lipinski definition) is 1. The van der Waals surface area contributed by atoms with Crippen LogP contribution in [0.25, 0.3) is 0 Å². The van der Waals surface area contributed by atoms with Crippen LogP contribution in [0.5, 0.6) is 0 Å². The highest BCUT2D eigenvalue weighted by atomic mass is 35.5. The van der Waals surface area contributed by atoms with Crippen molar-refractivity contribution in [1.82, 2.24) is 19.7 Å². The number of aryl methyl sites for hydroxylation is 2. The van der Waals surface area contributed by atoms with Gasteiger partial charge in [0.15, 0.2) is 5.82 Å². The van der Waals surface area contributed by atoms with Gasteiger partial charge in [0.05, 0.1) is 5.69 Å². The Morgan fingerprint density at radius 3 is 2.89 bits per heavy atom. The van der Waals surface area contributed by atoms with Gasteiger partial charge >= 0.3 is 0 Å². The van der Waals surface area contributed by atoms with Gasteiger partial charge in [-0.25, -0.2) is 9.97 Å². The lowest BCUT2D eigenvalue weighted by atomic mass is 10.2. The summed E-state index contributed by atoms with van der Waals surface area (Å²) in [6.45, 7) is 2.89. The Labute approximate surface area is 116 Å². The van der Waals surface area contributed by atoms with Gasteiger partial charge < -0.3 is 10.1 Å². The van der Waals surface area contributed by atoms with Crippen molar-refractivity contribution in [2.45, 2.75) is 20.1 Å². The Kier molecular flexibility index (Phi) is 4.34. The highest BCUT2D eigenvalue weighted by molar-refractivity contribution is 6.30. The largest absolute Gasteiger partial charge is 0.377 e. The van der Waals surface area contributed by atoms with Crippen LogP contribution in [0.15, 0.2) is 12.3 Å². The van der Waals surface area contributed by atoms with Gasteiger partial charge in [-0.1, -0.05) is 11.6 Å². The van der Waals surface area contributed by atoms with E-state index in [0.717, 1.165) is 17.1 Å². The maximum absolute atomic E-state index is 6.17. The van der Waals surface area contributed by atoms with E-state index in [4.69, 9.17) is 16.3 Å². The van der Waals surface area contributed by atoms with Gasteiger partial charge in [0.25, 0.3) is 0 Å². The third-order valence-corrected chi connectivity index (χ3v) is 3.17. The molecule has 0 fully saturated rings. The van der Waals surface area contributed by atoms with Crippen molar-refractivity contribution in [3.05, 3.63) is 34.5 Å². The van der Waals surface area contributed by atoms with Crippen LogP contribution in [-0.4, -0.2) is 26.9 Å². The first-order chi connectivity index (χ1) is 9.11. The molecule has 2 aromatic heterocycles. The lowest BCUT2D eigenvalue weighted by molar-refractivity contribution is 0.178. The van der Waals surface area contributed by atoms with Crippen molar-refractivity contribution in [2.24, 2.45) is 7.05 Å². The monoisotopic (exact) mass is 281 g/mol. The van der Waals surface area contributed by atoms with Gasteiger partial charge in [-0.2, -0.15) is 5.10 Å². The Morgan fingerprint density at radius 2 is 2.26 bits per heavy atom. The smallest absolute Gasteiger partial charge is 0.156 e. The average molecular weight is 282 g/mol. The molecule has 0 bridgehead atoms. The molecule has 2 aromatic rings. The van der Waals surface area contributed by atoms with Crippen molar-refractivity contribution in [1.29, 1.82) is 0 Å². The number of halogens is 1.